The second-order valence-corrected chi connectivity index (χ2v) is 8.09. The van der Waals surface area contributed by atoms with Crippen LogP contribution in [0.1, 0.15) is 21.5 Å². The van der Waals surface area contributed by atoms with Gasteiger partial charge in [0.25, 0.3) is 11.6 Å². The third-order valence-corrected chi connectivity index (χ3v) is 5.49. The van der Waals surface area contributed by atoms with Crippen LogP contribution in [-0.4, -0.2) is 37.2 Å². The number of hydrogen-bond acceptors (Lipinski definition) is 6. The number of rotatable bonds is 5. The smallest absolute Gasteiger partial charge is 0.270 e. The molecule has 0 aliphatic carbocycles. The lowest BCUT2D eigenvalue weighted by atomic mass is 10.1. The molecule has 0 radical (unpaired) electrons. The average Bonchev–Trinajstić information content (AvgIpc) is 3.04. The van der Waals surface area contributed by atoms with E-state index in [0.717, 1.165) is 11.8 Å². The fraction of sp³-hybridized carbons (Fsp3) is 0.235. The largest absolute Gasteiger partial charge is 0.508 e. The number of aromatic hydroxyl groups is 1. The van der Waals surface area contributed by atoms with Gasteiger partial charge in [0.1, 0.15) is 5.75 Å². The standard InChI is InChI=1S/C17H17N3O6S/c1-27(25,26)19-7-6-11-8-12(2-4-15(11)19)17(22)18-10-13-9-14(20(23)24)3-5-16(13)21/h2-5,8-9,21H,6-7,10H2,1H3,(H,18,22). The highest BCUT2D eigenvalue weighted by Gasteiger charge is 2.26. The van der Waals surface area contributed by atoms with Crippen LogP contribution >= 0.6 is 0 Å². The lowest BCUT2D eigenvalue weighted by molar-refractivity contribution is -0.384. The molecular formula is C17H17N3O6S. The van der Waals surface area contributed by atoms with Crippen molar-refractivity contribution in [1.82, 2.24) is 5.32 Å². The number of anilines is 1. The van der Waals surface area contributed by atoms with E-state index in [9.17, 15) is 28.4 Å². The molecule has 0 unspecified atom stereocenters. The van der Waals surface area contributed by atoms with Crippen LogP contribution in [0.15, 0.2) is 36.4 Å². The van der Waals surface area contributed by atoms with Crippen LogP contribution in [0.2, 0.25) is 0 Å². The second-order valence-electron chi connectivity index (χ2n) is 6.18. The monoisotopic (exact) mass is 391 g/mol. The number of nitrogens with zero attached hydrogens (tertiary/aromatic N) is 2. The van der Waals surface area contributed by atoms with Crippen molar-refractivity contribution >= 4 is 27.3 Å². The molecule has 9 nitrogen and oxygen atoms in total. The predicted octanol–water partition coefficient (Wildman–Crippen LogP) is 1.55. The lowest BCUT2D eigenvalue weighted by Crippen LogP contribution is -2.27. The zero-order chi connectivity index (χ0) is 19.8. The van der Waals surface area contributed by atoms with Crippen molar-refractivity contribution in [3.63, 3.8) is 0 Å². The fourth-order valence-corrected chi connectivity index (χ4v) is 3.92. The molecule has 142 valence electrons. The average molecular weight is 391 g/mol. The first-order valence-corrected chi connectivity index (χ1v) is 9.87. The molecule has 0 saturated carbocycles. The zero-order valence-corrected chi connectivity index (χ0v) is 15.2. The molecule has 2 aromatic rings. The molecular weight excluding hydrogens is 374 g/mol. The minimum atomic E-state index is -3.36. The topological polar surface area (TPSA) is 130 Å². The third-order valence-electron chi connectivity index (χ3n) is 4.31. The summed E-state index contributed by atoms with van der Waals surface area (Å²) in [5.41, 5.74) is 1.70. The van der Waals surface area contributed by atoms with Crippen molar-refractivity contribution in [3.05, 3.63) is 63.2 Å². The summed E-state index contributed by atoms with van der Waals surface area (Å²) in [6, 6.07) is 8.31. The molecule has 3 rings (SSSR count). The number of hydrogen-bond donors (Lipinski definition) is 2. The van der Waals surface area contributed by atoms with Crippen molar-refractivity contribution in [2.75, 3.05) is 17.1 Å². The Bertz CT molecular complexity index is 1030. The van der Waals surface area contributed by atoms with Crippen LogP contribution < -0.4 is 9.62 Å². The first-order valence-electron chi connectivity index (χ1n) is 8.02. The van der Waals surface area contributed by atoms with E-state index < -0.39 is 20.9 Å². The van der Waals surface area contributed by atoms with Gasteiger partial charge in [-0.25, -0.2) is 8.42 Å². The molecule has 1 heterocycles. The number of nitro benzene ring substituents is 1. The summed E-state index contributed by atoms with van der Waals surface area (Å²) >= 11 is 0. The van der Waals surface area contributed by atoms with Gasteiger partial charge in [0.05, 0.1) is 16.9 Å². The van der Waals surface area contributed by atoms with Gasteiger partial charge in [-0.3, -0.25) is 19.2 Å². The number of benzene rings is 2. The maximum Gasteiger partial charge on any atom is 0.270 e. The van der Waals surface area contributed by atoms with E-state index in [2.05, 4.69) is 5.32 Å². The third kappa shape index (κ3) is 3.85. The molecule has 2 N–H and O–H groups in total. The number of amides is 1. The van der Waals surface area contributed by atoms with Crippen LogP contribution in [0.3, 0.4) is 0 Å². The number of nitrogens with one attached hydrogen (secondary N) is 1. The van der Waals surface area contributed by atoms with Gasteiger partial charge >= 0.3 is 0 Å². The van der Waals surface area contributed by atoms with Crippen LogP contribution in [-0.2, 0) is 23.0 Å². The number of phenols is 1. The highest BCUT2D eigenvalue weighted by molar-refractivity contribution is 7.92. The molecule has 2 aromatic carbocycles. The van der Waals surface area contributed by atoms with Gasteiger partial charge in [-0.15, -0.1) is 0 Å². The van der Waals surface area contributed by atoms with E-state index in [0.29, 0.717) is 24.2 Å². The van der Waals surface area contributed by atoms with E-state index in [1.165, 1.54) is 28.6 Å². The van der Waals surface area contributed by atoms with Gasteiger partial charge in [-0.05, 0) is 36.2 Å². The first kappa shape index (κ1) is 18.6. The number of nitro groups is 1. The summed E-state index contributed by atoms with van der Waals surface area (Å²) in [5, 5.41) is 23.2. The number of carbonyl (C=O) groups excluding carboxylic acids is 1. The Labute approximate surface area is 155 Å². The van der Waals surface area contributed by atoms with E-state index in [1.54, 1.807) is 12.1 Å². The van der Waals surface area contributed by atoms with E-state index >= 15 is 0 Å². The minimum Gasteiger partial charge on any atom is -0.508 e. The number of fused-ring (bicyclic) bond motifs is 1. The minimum absolute atomic E-state index is 0.0844. The fourth-order valence-electron chi connectivity index (χ4n) is 2.96. The van der Waals surface area contributed by atoms with Gasteiger partial charge in [-0.2, -0.15) is 0 Å². The van der Waals surface area contributed by atoms with Gasteiger partial charge in [-0.1, -0.05) is 0 Å². The van der Waals surface area contributed by atoms with Crippen LogP contribution in [0.4, 0.5) is 11.4 Å². The molecule has 10 heteroatoms. The Kier molecular flexibility index (Phi) is 4.75. The van der Waals surface area contributed by atoms with Crippen LogP contribution in [0, 0.1) is 10.1 Å². The van der Waals surface area contributed by atoms with Crippen LogP contribution in [0.5, 0.6) is 5.75 Å². The molecule has 0 spiro atoms. The highest BCUT2D eigenvalue weighted by atomic mass is 32.2. The quantitative estimate of drug-likeness (QED) is 0.587. The Hall–Kier alpha value is -3.14. The Morgan fingerprint density at radius 1 is 1.30 bits per heavy atom. The number of sulfonamides is 1. The highest BCUT2D eigenvalue weighted by Crippen LogP contribution is 2.30. The second kappa shape index (κ2) is 6.88. The van der Waals surface area contributed by atoms with E-state index in [-0.39, 0.29) is 23.5 Å². The normalized spacial score (nSPS) is 13.3. The van der Waals surface area contributed by atoms with Crippen molar-refractivity contribution in [1.29, 1.82) is 0 Å². The SMILES string of the molecule is CS(=O)(=O)N1CCc2cc(C(=O)NCc3cc([N+](=O)[O-])ccc3O)ccc21. The van der Waals surface area contributed by atoms with Gasteiger partial charge in [0, 0.05) is 36.3 Å². The zero-order valence-electron chi connectivity index (χ0n) is 14.4. The number of phenolic OH excluding ortho intramolecular Hbond substituents is 1. The Morgan fingerprint density at radius 3 is 2.70 bits per heavy atom. The molecule has 0 atom stereocenters. The number of non-ortho nitro benzene ring substituents is 1. The van der Waals surface area contributed by atoms with E-state index in [1.807, 2.05) is 0 Å². The van der Waals surface area contributed by atoms with Gasteiger partial charge in [0.2, 0.25) is 10.0 Å². The maximum atomic E-state index is 12.4. The molecule has 0 fully saturated rings. The summed E-state index contributed by atoms with van der Waals surface area (Å²) in [7, 11) is -3.36. The van der Waals surface area contributed by atoms with E-state index in [4.69, 9.17) is 0 Å². The van der Waals surface area contributed by atoms with Crippen molar-refractivity contribution < 1.29 is 23.2 Å². The molecule has 0 bridgehead atoms. The van der Waals surface area contributed by atoms with Crippen molar-refractivity contribution in [3.8, 4) is 5.75 Å². The molecule has 0 saturated heterocycles. The summed E-state index contributed by atoms with van der Waals surface area (Å²) in [6.45, 7) is 0.250. The number of carbonyl (C=O) groups is 1. The summed E-state index contributed by atoms with van der Waals surface area (Å²) < 4.78 is 24.8. The van der Waals surface area contributed by atoms with Crippen LogP contribution in [0.25, 0.3) is 0 Å². The van der Waals surface area contributed by atoms with Gasteiger partial charge in [0.15, 0.2) is 0 Å². The molecule has 1 aliphatic rings. The van der Waals surface area contributed by atoms with Gasteiger partial charge < -0.3 is 10.4 Å². The molecule has 27 heavy (non-hydrogen) atoms. The van der Waals surface area contributed by atoms with Crippen molar-refractivity contribution in [2.24, 2.45) is 0 Å². The maximum absolute atomic E-state index is 12.4. The summed E-state index contributed by atoms with van der Waals surface area (Å²) in [5.74, 6) is -0.583. The first-order chi connectivity index (χ1) is 12.7. The predicted molar refractivity (Wildman–Crippen MR) is 98.3 cm³/mol. The Balaban J connectivity index is 1.75. The Morgan fingerprint density at radius 2 is 2.04 bits per heavy atom. The molecule has 1 amide bonds. The molecule has 0 aromatic heterocycles. The summed E-state index contributed by atoms with van der Waals surface area (Å²) in [6.07, 6.45) is 1.64. The summed E-state index contributed by atoms with van der Waals surface area (Å²) in [4.78, 5) is 22.6. The van der Waals surface area contributed by atoms with Crippen molar-refractivity contribution in [2.45, 2.75) is 13.0 Å². The lowest BCUT2D eigenvalue weighted by Gasteiger charge is -2.16. The molecule has 1 aliphatic heterocycles.